The predicted octanol–water partition coefficient (Wildman–Crippen LogP) is 2.68. The summed E-state index contributed by atoms with van der Waals surface area (Å²) in [4.78, 5) is 2.34. The van der Waals surface area contributed by atoms with Crippen molar-refractivity contribution in [1.82, 2.24) is 4.90 Å². The smallest absolute Gasteiger partial charge is 0.141 e. The molecular weight excluding hydrogens is 213 g/mol. The van der Waals surface area contributed by atoms with Gasteiger partial charge in [0.1, 0.15) is 5.82 Å². The standard InChI is InChI=1S/C12H13ClFN/c1-15-6-9-5-12(9,7-15)8-2-3-11(14)10(13)4-8/h2-4,9H,5-7H2,1H3/t9?,12-/m1/s1. The van der Waals surface area contributed by atoms with E-state index in [1.54, 1.807) is 6.07 Å². The number of benzene rings is 1. The summed E-state index contributed by atoms with van der Waals surface area (Å²) in [5, 5.41) is 0.252. The first-order valence-corrected chi connectivity index (χ1v) is 5.64. The molecule has 1 unspecified atom stereocenters. The first kappa shape index (κ1) is 9.61. The number of likely N-dealkylation sites (tertiary alicyclic amines) is 1. The summed E-state index contributed by atoms with van der Waals surface area (Å²) in [6.45, 7) is 2.24. The predicted molar refractivity (Wildman–Crippen MR) is 58.7 cm³/mol. The van der Waals surface area contributed by atoms with Crippen molar-refractivity contribution >= 4 is 11.6 Å². The molecule has 0 amide bonds. The van der Waals surface area contributed by atoms with Crippen molar-refractivity contribution in [1.29, 1.82) is 0 Å². The number of piperidine rings is 1. The number of likely N-dealkylation sites (N-methyl/N-ethyl adjacent to an activating group) is 1. The van der Waals surface area contributed by atoms with E-state index in [-0.39, 0.29) is 16.3 Å². The van der Waals surface area contributed by atoms with Gasteiger partial charge in [-0.05, 0) is 37.1 Å². The van der Waals surface area contributed by atoms with E-state index >= 15 is 0 Å². The van der Waals surface area contributed by atoms with Gasteiger partial charge in [0.25, 0.3) is 0 Å². The van der Waals surface area contributed by atoms with Crippen molar-refractivity contribution in [3.8, 4) is 0 Å². The molecule has 1 aliphatic carbocycles. The third-order valence-corrected chi connectivity index (χ3v) is 4.10. The average Bonchev–Trinajstić information content (AvgIpc) is 2.75. The zero-order valence-corrected chi connectivity index (χ0v) is 9.39. The molecule has 1 saturated heterocycles. The molecule has 0 spiro atoms. The van der Waals surface area contributed by atoms with Crippen molar-refractivity contribution in [3.05, 3.63) is 34.6 Å². The quantitative estimate of drug-likeness (QED) is 0.711. The van der Waals surface area contributed by atoms with Crippen LogP contribution in [0.4, 0.5) is 4.39 Å². The van der Waals surface area contributed by atoms with Crippen molar-refractivity contribution in [2.75, 3.05) is 20.1 Å². The highest BCUT2D eigenvalue weighted by Gasteiger charge is 2.59. The summed E-state index contributed by atoms with van der Waals surface area (Å²) in [6, 6.07) is 5.18. The zero-order chi connectivity index (χ0) is 10.6. The fourth-order valence-electron chi connectivity index (χ4n) is 2.99. The van der Waals surface area contributed by atoms with Gasteiger partial charge < -0.3 is 4.90 Å². The Bertz CT molecular complexity index is 420. The van der Waals surface area contributed by atoms with Crippen LogP contribution in [0.1, 0.15) is 12.0 Å². The molecule has 0 aromatic heterocycles. The SMILES string of the molecule is CN1CC2C[C@]2(c2ccc(F)c(Cl)c2)C1. The molecule has 1 saturated carbocycles. The second kappa shape index (κ2) is 2.96. The molecule has 2 fully saturated rings. The first-order chi connectivity index (χ1) is 7.12. The van der Waals surface area contributed by atoms with E-state index < -0.39 is 0 Å². The van der Waals surface area contributed by atoms with Crippen LogP contribution < -0.4 is 0 Å². The van der Waals surface area contributed by atoms with Gasteiger partial charge in [-0.2, -0.15) is 0 Å². The van der Waals surface area contributed by atoms with Crippen LogP contribution in [-0.4, -0.2) is 25.0 Å². The summed E-state index contributed by atoms with van der Waals surface area (Å²) < 4.78 is 13.1. The molecule has 1 nitrogen and oxygen atoms in total. The minimum absolute atomic E-state index is 0.252. The van der Waals surface area contributed by atoms with Crippen LogP contribution in [0.15, 0.2) is 18.2 Å². The number of halogens is 2. The number of fused-ring (bicyclic) bond motifs is 1. The Hall–Kier alpha value is -0.600. The van der Waals surface area contributed by atoms with E-state index in [0.29, 0.717) is 0 Å². The number of hydrogen-bond donors (Lipinski definition) is 0. The summed E-state index contributed by atoms with van der Waals surface area (Å²) in [7, 11) is 2.14. The molecule has 15 heavy (non-hydrogen) atoms. The van der Waals surface area contributed by atoms with Crippen LogP contribution in [-0.2, 0) is 5.41 Å². The van der Waals surface area contributed by atoms with Crippen molar-refractivity contribution < 1.29 is 4.39 Å². The minimum atomic E-state index is -0.319. The second-order valence-electron chi connectivity index (χ2n) is 4.88. The molecule has 2 atom stereocenters. The van der Waals surface area contributed by atoms with Crippen molar-refractivity contribution in [3.63, 3.8) is 0 Å². The highest BCUT2D eigenvalue weighted by atomic mass is 35.5. The van der Waals surface area contributed by atoms with Crippen LogP contribution in [0.3, 0.4) is 0 Å². The molecule has 3 rings (SSSR count). The largest absolute Gasteiger partial charge is 0.305 e. The van der Waals surface area contributed by atoms with E-state index in [9.17, 15) is 4.39 Å². The second-order valence-corrected chi connectivity index (χ2v) is 5.29. The monoisotopic (exact) mass is 225 g/mol. The zero-order valence-electron chi connectivity index (χ0n) is 8.63. The Kier molecular flexibility index (Phi) is 1.89. The van der Waals surface area contributed by atoms with Gasteiger partial charge in [-0.15, -0.1) is 0 Å². The van der Waals surface area contributed by atoms with Gasteiger partial charge in [-0.25, -0.2) is 4.39 Å². The van der Waals surface area contributed by atoms with E-state index in [1.807, 2.05) is 6.07 Å². The van der Waals surface area contributed by atoms with Gasteiger partial charge in [0, 0.05) is 18.5 Å². The molecule has 1 heterocycles. The highest BCUT2D eigenvalue weighted by molar-refractivity contribution is 6.30. The molecule has 0 N–H and O–H groups in total. The minimum Gasteiger partial charge on any atom is -0.305 e. The highest BCUT2D eigenvalue weighted by Crippen LogP contribution is 2.58. The molecule has 80 valence electrons. The first-order valence-electron chi connectivity index (χ1n) is 5.26. The van der Waals surface area contributed by atoms with E-state index in [2.05, 4.69) is 11.9 Å². The molecule has 0 bridgehead atoms. The molecular formula is C12H13ClFN. The van der Waals surface area contributed by atoms with E-state index in [1.165, 1.54) is 18.1 Å². The Labute approximate surface area is 93.8 Å². The molecule has 1 aromatic rings. The maximum Gasteiger partial charge on any atom is 0.141 e. The van der Waals surface area contributed by atoms with Gasteiger partial charge in [0.05, 0.1) is 5.02 Å². The third-order valence-electron chi connectivity index (χ3n) is 3.81. The third kappa shape index (κ3) is 1.31. The van der Waals surface area contributed by atoms with E-state index in [0.717, 1.165) is 19.0 Å². The Morgan fingerprint density at radius 2 is 2.33 bits per heavy atom. The number of nitrogens with zero attached hydrogens (tertiary/aromatic N) is 1. The van der Waals surface area contributed by atoms with Crippen LogP contribution in [0.2, 0.25) is 5.02 Å². The van der Waals surface area contributed by atoms with Gasteiger partial charge >= 0.3 is 0 Å². The Morgan fingerprint density at radius 1 is 1.53 bits per heavy atom. The fourth-order valence-corrected chi connectivity index (χ4v) is 3.17. The molecule has 1 aliphatic heterocycles. The molecule has 1 aromatic carbocycles. The summed E-state index contributed by atoms with van der Waals surface area (Å²) in [5.41, 5.74) is 1.50. The topological polar surface area (TPSA) is 3.24 Å². The van der Waals surface area contributed by atoms with Crippen LogP contribution in [0.5, 0.6) is 0 Å². The van der Waals surface area contributed by atoms with Gasteiger partial charge in [-0.3, -0.25) is 0 Å². The lowest BCUT2D eigenvalue weighted by Gasteiger charge is -2.16. The van der Waals surface area contributed by atoms with E-state index in [4.69, 9.17) is 11.6 Å². The molecule has 0 radical (unpaired) electrons. The summed E-state index contributed by atoms with van der Waals surface area (Å²) >= 11 is 5.82. The maximum absolute atomic E-state index is 13.1. The molecule has 2 aliphatic rings. The Morgan fingerprint density at radius 3 is 2.93 bits per heavy atom. The fraction of sp³-hybridized carbons (Fsp3) is 0.500. The maximum atomic E-state index is 13.1. The van der Waals surface area contributed by atoms with Crippen molar-refractivity contribution in [2.24, 2.45) is 5.92 Å². The number of hydrogen-bond acceptors (Lipinski definition) is 1. The normalized spacial score (nSPS) is 34.2. The lowest BCUT2D eigenvalue weighted by Crippen LogP contribution is -2.22. The average molecular weight is 226 g/mol. The van der Waals surface area contributed by atoms with Crippen molar-refractivity contribution in [2.45, 2.75) is 11.8 Å². The van der Waals surface area contributed by atoms with Crippen LogP contribution >= 0.6 is 11.6 Å². The van der Waals surface area contributed by atoms with Crippen LogP contribution in [0, 0.1) is 11.7 Å². The lowest BCUT2D eigenvalue weighted by molar-refractivity contribution is 0.363. The lowest BCUT2D eigenvalue weighted by atomic mass is 9.95. The van der Waals surface area contributed by atoms with Gasteiger partial charge in [0.15, 0.2) is 0 Å². The number of rotatable bonds is 1. The summed E-state index contributed by atoms with van der Waals surface area (Å²) in [6.07, 6.45) is 1.24. The van der Waals surface area contributed by atoms with Gasteiger partial charge in [-0.1, -0.05) is 17.7 Å². The van der Waals surface area contributed by atoms with Crippen LogP contribution in [0.25, 0.3) is 0 Å². The Balaban J connectivity index is 1.97. The van der Waals surface area contributed by atoms with Gasteiger partial charge in [0.2, 0.25) is 0 Å². The summed E-state index contributed by atoms with van der Waals surface area (Å²) in [5.74, 6) is 0.435. The molecule has 3 heteroatoms.